The number of carbonyl (C=O) groups excluding carboxylic acids is 1. The van der Waals surface area contributed by atoms with Crippen molar-refractivity contribution in [1.29, 1.82) is 0 Å². The molecular formula is C19H20Cl2N2O. The van der Waals surface area contributed by atoms with E-state index in [0.29, 0.717) is 34.7 Å². The summed E-state index contributed by atoms with van der Waals surface area (Å²) in [6, 6.07) is 15.9. The topological polar surface area (TPSA) is 23.6 Å². The van der Waals surface area contributed by atoms with Gasteiger partial charge in [0.2, 0.25) is 0 Å². The van der Waals surface area contributed by atoms with Crippen LogP contribution in [0, 0.1) is 0 Å². The monoisotopic (exact) mass is 362 g/mol. The van der Waals surface area contributed by atoms with Gasteiger partial charge in [-0.2, -0.15) is 0 Å². The second kappa shape index (κ2) is 7.56. The molecule has 1 atom stereocenters. The molecule has 1 amide bonds. The highest BCUT2D eigenvalue weighted by molar-refractivity contribution is 6.39. The van der Waals surface area contributed by atoms with E-state index >= 15 is 0 Å². The predicted octanol–water partition coefficient (Wildman–Crippen LogP) is 4.51. The van der Waals surface area contributed by atoms with Gasteiger partial charge in [-0.3, -0.25) is 9.69 Å². The highest BCUT2D eigenvalue weighted by Gasteiger charge is 2.27. The van der Waals surface area contributed by atoms with Crippen LogP contribution >= 0.6 is 23.2 Å². The van der Waals surface area contributed by atoms with Gasteiger partial charge in [0.05, 0.1) is 15.6 Å². The molecule has 0 radical (unpaired) electrons. The molecule has 1 fully saturated rings. The molecule has 0 N–H and O–H groups in total. The minimum atomic E-state index is -0.0855. The summed E-state index contributed by atoms with van der Waals surface area (Å²) >= 11 is 12.3. The average molecular weight is 363 g/mol. The number of amides is 1. The number of rotatable bonds is 3. The molecular weight excluding hydrogens is 343 g/mol. The van der Waals surface area contributed by atoms with Crippen molar-refractivity contribution in [2.45, 2.75) is 13.0 Å². The van der Waals surface area contributed by atoms with Gasteiger partial charge in [0.15, 0.2) is 0 Å². The van der Waals surface area contributed by atoms with Crippen LogP contribution in [0.4, 0.5) is 0 Å². The van der Waals surface area contributed by atoms with Gasteiger partial charge in [0.25, 0.3) is 5.91 Å². The van der Waals surface area contributed by atoms with Crippen LogP contribution in [0.15, 0.2) is 48.5 Å². The molecule has 3 nitrogen and oxygen atoms in total. The lowest BCUT2D eigenvalue weighted by Crippen LogP contribution is -2.49. The molecule has 1 saturated heterocycles. The number of halogens is 2. The zero-order chi connectivity index (χ0) is 17.1. The number of nitrogens with zero attached hydrogens (tertiary/aromatic N) is 2. The third-order valence-corrected chi connectivity index (χ3v) is 5.24. The van der Waals surface area contributed by atoms with E-state index in [1.54, 1.807) is 18.2 Å². The number of hydrogen-bond donors (Lipinski definition) is 0. The van der Waals surface area contributed by atoms with E-state index in [1.165, 1.54) is 5.56 Å². The van der Waals surface area contributed by atoms with Crippen LogP contribution in [0.1, 0.15) is 28.9 Å². The molecule has 2 aromatic rings. The van der Waals surface area contributed by atoms with Crippen molar-refractivity contribution in [3.63, 3.8) is 0 Å². The Morgan fingerprint density at radius 3 is 2.08 bits per heavy atom. The van der Waals surface area contributed by atoms with Gasteiger partial charge >= 0.3 is 0 Å². The summed E-state index contributed by atoms with van der Waals surface area (Å²) in [7, 11) is 0. The Labute approximate surface area is 152 Å². The van der Waals surface area contributed by atoms with E-state index in [4.69, 9.17) is 23.2 Å². The number of hydrogen-bond acceptors (Lipinski definition) is 2. The fourth-order valence-electron chi connectivity index (χ4n) is 3.11. The predicted molar refractivity (Wildman–Crippen MR) is 98.8 cm³/mol. The van der Waals surface area contributed by atoms with Crippen LogP contribution in [0.2, 0.25) is 10.0 Å². The van der Waals surface area contributed by atoms with Gasteiger partial charge in [-0.15, -0.1) is 0 Å². The molecule has 0 aromatic heterocycles. The fraction of sp³-hybridized carbons (Fsp3) is 0.316. The lowest BCUT2D eigenvalue weighted by molar-refractivity contribution is 0.0582. The number of benzene rings is 2. The summed E-state index contributed by atoms with van der Waals surface area (Å²) in [6.45, 7) is 5.24. The smallest absolute Gasteiger partial charge is 0.256 e. The summed E-state index contributed by atoms with van der Waals surface area (Å²) in [5.74, 6) is -0.0855. The van der Waals surface area contributed by atoms with Gasteiger partial charge in [-0.1, -0.05) is 59.6 Å². The Bertz CT molecular complexity index is 692. The van der Waals surface area contributed by atoms with E-state index in [1.807, 2.05) is 11.0 Å². The van der Waals surface area contributed by atoms with E-state index in [0.717, 1.165) is 13.1 Å². The Kier molecular flexibility index (Phi) is 5.44. The third kappa shape index (κ3) is 3.59. The Balaban J connectivity index is 1.66. The first-order valence-corrected chi connectivity index (χ1v) is 8.86. The molecule has 0 aliphatic carbocycles. The minimum Gasteiger partial charge on any atom is -0.336 e. The molecule has 3 rings (SSSR count). The van der Waals surface area contributed by atoms with Gasteiger partial charge in [0, 0.05) is 32.2 Å². The van der Waals surface area contributed by atoms with Gasteiger partial charge in [-0.25, -0.2) is 0 Å². The summed E-state index contributed by atoms with van der Waals surface area (Å²) in [5, 5.41) is 0.820. The Morgan fingerprint density at radius 1 is 0.917 bits per heavy atom. The number of carbonyl (C=O) groups is 1. The zero-order valence-electron chi connectivity index (χ0n) is 13.6. The van der Waals surface area contributed by atoms with Crippen molar-refractivity contribution in [1.82, 2.24) is 9.80 Å². The molecule has 1 aliphatic rings. The molecule has 0 unspecified atom stereocenters. The Hall–Kier alpha value is -1.55. The maximum absolute atomic E-state index is 12.7. The maximum atomic E-state index is 12.7. The quantitative estimate of drug-likeness (QED) is 0.801. The minimum absolute atomic E-state index is 0.0855. The highest BCUT2D eigenvalue weighted by Crippen LogP contribution is 2.27. The molecule has 0 bridgehead atoms. The van der Waals surface area contributed by atoms with E-state index in [-0.39, 0.29) is 5.91 Å². The SMILES string of the molecule is C[C@@H](c1ccccc1)N1CCN(C(=O)c2c(Cl)cccc2Cl)CC1. The summed E-state index contributed by atoms with van der Waals surface area (Å²) in [4.78, 5) is 17.0. The standard InChI is InChI=1S/C19H20Cl2N2O/c1-14(15-6-3-2-4-7-15)22-10-12-23(13-11-22)19(24)18-16(20)8-5-9-17(18)21/h2-9,14H,10-13H2,1H3/t14-/m0/s1. The second-order valence-corrected chi connectivity index (χ2v) is 6.83. The molecule has 2 aromatic carbocycles. The fourth-order valence-corrected chi connectivity index (χ4v) is 3.67. The first-order chi connectivity index (χ1) is 11.6. The maximum Gasteiger partial charge on any atom is 0.256 e. The van der Waals surface area contributed by atoms with Crippen LogP contribution in [-0.4, -0.2) is 41.9 Å². The van der Waals surface area contributed by atoms with Crippen molar-refractivity contribution in [3.8, 4) is 0 Å². The molecule has 1 heterocycles. The van der Waals surface area contributed by atoms with Crippen molar-refractivity contribution in [3.05, 3.63) is 69.7 Å². The van der Waals surface area contributed by atoms with Crippen LogP contribution in [0.25, 0.3) is 0 Å². The molecule has 126 valence electrons. The lowest BCUT2D eigenvalue weighted by atomic mass is 10.1. The average Bonchev–Trinajstić information content (AvgIpc) is 2.62. The largest absolute Gasteiger partial charge is 0.336 e. The van der Waals surface area contributed by atoms with Gasteiger partial charge < -0.3 is 4.90 Å². The third-order valence-electron chi connectivity index (χ3n) is 4.61. The van der Waals surface area contributed by atoms with Crippen LogP contribution in [0.3, 0.4) is 0 Å². The summed E-state index contributed by atoms with van der Waals surface area (Å²) < 4.78 is 0. The van der Waals surface area contributed by atoms with Crippen molar-refractivity contribution < 1.29 is 4.79 Å². The molecule has 24 heavy (non-hydrogen) atoms. The molecule has 1 aliphatic heterocycles. The van der Waals surface area contributed by atoms with Crippen molar-refractivity contribution >= 4 is 29.1 Å². The van der Waals surface area contributed by atoms with Crippen molar-refractivity contribution in [2.24, 2.45) is 0 Å². The van der Waals surface area contributed by atoms with Gasteiger partial charge in [-0.05, 0) is 24.6 Å². The van der Waals surface area contributed by atoms with E-state index < -0.39 is 0 Å². The molecule has 0 spiro atoms. The second-order valence-electron chi connectivity index (χ2n) is 6.01. The van der Waals surface area contributed by atoms with E-state index in [9.17, 15) is 4.79 Å². The lowest BCUT2D eigenvalue weighted by Gasteiger charge is -2.38. The van der Waals surface area contributed by atoms with Crippen LogP contribution in [-0.2, 0) is 0 Å². The first kappa shape index (κ1) is 17.3. The van der Waals surface area contributed by atoms with Gasteiger partial charge in [0.1, 0.15) is 0 Å². The molecule has 0 saturated carbocycles. The zero-order valence-corrected chi connectivity index (χ0v) is 15.1. The highest BCUT2D eigenvalue weighted by atomic mass is 35.5. The van der Waals surface area contributed by atoms with E-state index in [2.05, 4.69) is 36.1 Å². The van der Waals surface area contributed by atoms with Crippen molar-refractivity contribution in [2.75, 3.05) is 26.2 Å². The van der Waals surface area contributed by atoms with Crippen LogP contribution in [0.5, 0.6) is 0 Å². The Morgan fingerprint density at radius 2 is 1.50 bits per heavy atom. The summed E-state index contributed by atoms with van der Waals surface area (Å²) in [5.41, 5.74) is 1.71. The first-order valence-electron chi connectivity index (χ1n) is 8.10. The normalized spacial score (nSPS) is 16.9. The van der Waals surface area contributed by atoms with Crippen LogP contribution < -0.4 is 0 Å². The summed E-state index contributed by atoms with van der Waals surface area (Å²) in [6.07, 6.45) is 0. The number of piperazine rings is 1. The molecule has 5 heteroatoms.